The molecule has 44 heavy (non-hydrogen) atoms. The number of halogens is 1. The van der Waals surface area contributed by atoms with E-state index in [1.165, 1.54) is 31.8 Å². The minimum Gasteiger partial charge on any atom is -0.494 e. The first kappa shape index (κ1) is 33.2. The highest BCUT2D eigenvalue weighted by Gasteiger charge is 2.40. The number of nitrogens with zero attached hydrogens (tertiary/aromatic N) is 4. The third-order valence-electron chi connectivity index (χ3n) is 7.34. The van der Waals surface area contributed by atoms with Crippen molar-refractivity contribution in [2.45, 2.75) is 57.5 Å². The largest absolute Gasteiger partial charge is 0.494 e. The molecule has 2 aromatic carbocycles. The lowest BCUT2D eigenvalue weighted by molar-refractivity contribution is 0.171. The van der Waals surface area contributed by atoms with Gasteiger partial charge in [-0.15, -0.1) is 10.2 Å². The van der Waals surface area contributed by atoms with Crippen molar-refractivity contribution in [3.8, 4) is 28.8 Å². The summed E-state index contributed by atoms with van der Waals surface area (Å²) in [6.45, 7) is 8.96. The number of benzene rings is 2. The molecule has 2 heterocycles. The van der Waals surface area contributed by atoms with Crippen LogP contribution in [0.15, 0.2) is 52.9 Å². The zero-order valence-corrected chi connectivity index (χ0v) is 27.7. The molecule has 0 amide bonds. The molecular weight excluding hydrogens is 608 g/mol. The van der Waals surface area contributed by atoms with E-state index in [1.54, 1.807) is 37.3 Å². The zero-order chi connectivity index (χ0) is 32.4. The Morgan fingerprint density at radius 3 is 2.27 bits per heavy atom. The van der Waals surface area contributed by atoms with E-state index >= 15 is 0 Å². The molecule has 0 aliphatic carbocycles. The van der Waals surface area contributed by atoms with Crippen LogP contribution in [-0.2, 0) is 16.6 Å². The van der Waals surface area contributed by atoms with Gasteiger partial charge in [0.05, 0.1) is 26.9 Å². The smallest absolute Gasteiger partial charge is 0.246 e. The minimum absolute atomic E-state index is 0.0399. The van der Waals surface area contributed by atoms with Gasteiger partial charge in [-0.25, -0.2) is 17.1 Å². The number of furan rings is 1. The molecule has 2 atom stereocenters. The van der Waals surface area contributed by atoms with Gasteiger partial charge in [0.2, 0.25) is 21.8 Å². The molecule has 0 aliphatic heterocycles. The molecule has 4 rings (SSSR count). The summed E-state index contributed by atoms with van der Waals surface area (Å²) in [5.41, 5.74) is 0.546. The molecule has 238 valence electrons. The van der Waals surface area contributed by atoms with Crippen LogP contribution in [0, 0.1) is 12.7 Å². The molecule has 11 nitrogen and oxygen atoms in total. The third kappa shape index (κ3) is 6.67. The van der Waals surface area contributed by atoms with Crippen LogP contribution in [0.3, 0.4) is 0 Å². The van der Waals surface area contributed by atoms with Gasteiger partial charge in [0.15, 0.2) is 5.76 Å². The molecule has 0 saturated carbocycles. The lowest BCUT2D eigenvalue weighted by Gasteiger charge is -2.31. The average Bonchev–Trinajstić information content (AvgIpc) is 3.61. The fourth-order valence-corrected chi connectivity index (χ4v) is 7.43. The molecule has 4 aromatic rings. The number of para-hydroxylation sites is 1. The molecule has 0 saturated heterocycles. The second-order valence-corrected chi connectivity index (χ2v) is 19.5. The van der Waals surface area contributed by atoms with E-state index in [0.29, 0.717) is 34.8 Å². The normalized spacial score (nSPS) is 13.5. The second-order valence-electron chi connectivity index (χ2n) is 11.7. The fraction of sp³-hybridized carbons (Fsp3) is 0.400. The Labute approximate surface area is 257 Å². The van der Waals surface area contributed by atoms with Crippen LogP contribution in [0.4, 0.5) is 10.3 Å². The van der Waals surface area contributed by atoms with Crippen molar-refractivity contribution in [2.24, 2.45) is 0 Å². The van der Waals surface area contributed by atoms with Crippen LogP contribution in [0.25, 0.3) is 17.3 Å². The molecule has 0 spiro atoms. The monoisotopic (exact) mass is 646 g/mol. The summed E-state index contributed by atoms with van der Waals surface area (Å²) in [6.07, 6.45) is -1.60. The van der Waals surface area contributed by atoms with Gasteiger partial charge in [0, 0.05) is 14.6 Å². The summed E-state index contributed by atoms with van der Waals surface area (Å²) in [5.74, 6) is 1.21. The molecule has 2 aromatic heterocycles. The highest BCUT2D eigenvalue weighted by molar-refractivity contribution is 7.93. The zero-order valence-electron chi connectivity index (χ0n) is 25.9. The summed E-state index contributed by atoms with van der Waals surface area (Å²) in [4.78, 5) is 0. The van der Waals surface area contributed by atoms with Crippen LogP contribution >= 0.6 is 0 Å². The van der Waals surface area contributed by atoms with Gasteiger partial charge in [0.1, 0.15) is 34.0 Å². The summed E-state index contributed by atoms with van der Waals surface area (Å²) < 4.78 is 62.9. The van der Waals surface area contributed by atoms with Crippen LogP contribution in [0.1, 0.15) is 29.9 Å². The second kappa shape index (κ2) is 13.1. The molecule has 0 fully saturated rings. The van der Waals surface area contributed by atoms with E-state index in [-0.39, 0.29) is 29.4 Å². The maximum absolute atomic E-state index is 14.5. The van der Waals surface area contributed by atoms with Crippen molar-refractivity contribution in [2.75, 3.05) is 25.1 Å². The van der Waals surface area contributed by atoms with Crippen molar-refractivity contribution in [1.29, 1.82) is 0 Å². The lowest BCUT2D eigenvalue weighted by Crippen LogP contribution is -2.44. The number of aromatic nitrogens is 3. The van der Waals surface area contributed by atoms with Gasteiger partial charge in [-0.05, 0) is 67.4 Å². The Hall–Kier alpha value is -3.72. The van der Waals surface area contributed by atoms with Crippen LogP contribution in [0.2, 0.25) is 25.7 Å². The topological polar surface area (TPSA) is 140 Å². The fourth-order valence-electron chi connectivity index (χ4n) is 4.80. The van der Waals surface area contributed by atoms with E-state index in [9.17, 15) is 23.0 Å². The number of sulfonamides is 1. The van der Waals surface area contributed by atoms with Gasteiger partial charge < -0.3 is 24.1 Å². The molecule has 0 bridgehead atoms. The van der Waals surface area contributed by atoms with Crippen LogP contribution < -0.4 is 13.8 Å². The number of ether oxygens (including phenoxy) is 2. The van der Waals surface area contributed by atoms with E-state index in [2.05, 4.69) is 29.8 Å². The number of rotatable bonds is 13. The van der Waals surface area contributed by atoms with Gasteiger partial charge in [-0.1, -0.05) is 31.8 Å². The molecule has 2 N–H and O–H groups in total. The summed E-state index contributed by atoms with van der Waals surface area (Å²) in [5, 5.41) is 28.5. The first-order valence-corrected chi connectivity index (χ1v) is 19.3. The van der Waals surface area contributed by atoms with Crippen molar-refractivity contribution < 1.29 is 36.9 Å². The van der Waals surface area contributed by atoms with Crippen molar-refractivity contribution in [3.05, 3.63) is 71.2 Å². The summed E-state index contributed by atoms with van der Waals surface area (Å²) in [6, 6.07) is 12.6. The highest BCUT2D eigenvalue weighted by Crippen LogP contribution is 2.40. The number of hydrogen-bond acceptors (Lipinski definition) is 9. The Kier molecular flexibility index (Phi) is 9.88. The van der Waals surface area contributed by atoms with E-state index < -0.39 is 41.9 Å². The molecule has 0 aliphatic rings. The Morgan fingerprint density at radius 1 is 1.07 bits per heavy atom. The van der Waals surface area contributed by atoms with E-state index in [0.717, 1.165) is 16.4 Å². The number of methoxy groups -OCH3 is 2. The van der Waals surface area contributed by atoms with Gasteiger partial charge in [-0.3, -0.25) is 4.57 Å². The average molecular weight is 647 g/mol. The van der Waals surface area contributed by atoms with E-state index in [4.69, 9.17) is 13.9 Å². The number of hydrogen-bond donors (Lipinski definition) is 2. The molecule has 0 unspecified atom stereocenters. The quantitative estimate of drug-likeness (QED) is 0.190. The lowest BCUT2D eigenvalue weighted by atomic mass is 10.0. The van der Waals surface area contributed by atoms with E-state index in [1.807, 2.05) is 0 Å². The predicted octanol–water partition coefficient (Wildman–Crippen LogP) is 5.08. The third-order valence-corrected chi connectivity index (χ3v) is 11.2. The first-order chi connectivity index (χ1) is 20.7. The molecule has 0 radical (unpaired) electrons. The number of aliphatic hydroxyl groups excluding tert-OH is 2. The standard InChI is InChI=1S/C30H39FN4O7SSi/c1-19-11-14-26(42-19)29-32-33-30(35(29)27-24(40-3)9-8-10-25(27)41-4)34(15-16-44(5,6)7)43(38,39)20(2)28(37)23-13-12-22(31)17-21(23)18-36/h8-14,17,20,28,36-37H,15-16,18H2,1-7H3/t20-,28-/m1/s1. The summed E-state index contributed by atoms with van der Waals surface area (Å²) in [7, 11) is -3.26. The molecule has 14 heteroatoms. The minimum atomic E-state index is -4.40. The van der Waals surface area contributed by atoms with Crippen molar-refractivity contribution >= 4 is 24.0 Å². The van der Waals surface area contributed by atoms with Gasteiger partial charge >= 0.3 is 0 Å². The Morgan fingerprint density at radius 2 is 1.73 bits per heavy atom. The predicted molar refractivity (Wildman–Crippen MR) is 168 cm³/mol. The molecular formula is C30H39FN4O7SSi. The van der Waals surface area contributed by atoms with Crippen molar-refractivity contribution in [3.63, 3.8) is 0 Å². The number of aryl methyl sites for hydroxylation is 1. The highest BCUT2D eigenvalue weighted by atomic mass is 32.2. The summed E-state index contributed by atoms with van der Waals surface area (Å²) >= 11 is 0. The Bertz CT molecular complexity index is 1700. The Balaban J connectivity index is 1.97. The maximum Gasteiger partial charge on any atom is 0.246 e. The number of aliphatic hydroxyl groups is 2. The van der Waals surface area contributed by atoms with Crippen molar-refractivity contribution in [1.82, 2.24) is 14.8 Å². The van der Waals surface area contributed by atoms with Gasteiger partial charge in [0.25, 0.3) is 0 Å². The first-order valence-electron chi connectivity index (χ1n) is 14.1. The van der Waals surface area contributed by atoms with Crippen LogP contribution in [-0.4, -0.2) is 67.5 Å². The number of anilines is 1. The van der Waals surface area contributed by atoms with Crippen LogP contribution in [0.5, 0.6) is 11.5 Å². The van der Waals surface area contributed by atoms with Gasteiger partial charge in [-0.2, -0.15) is 0 Å². The maximum atomic E-state index is 14.5. The SMILES string of the molecule is COc1cccc(OC)c1-n1c(-c2ccc(C)o2)nnc1N(CC[Si](C)(C)C)S(=O)(=O)[C@H](C)[C@@H](O)c1ccc(F)cc1CO.